The monoisotopic (exact) mass is 261 g/mol. The summed E-state index contributed by atoms with van der Waals surface area (Å²) < 4.78 is 5.05. The van der Waals surface area contributed by atoms with Crippen LogP contribution < -0.4 is 0 Å². The van der Waals surface area contributed by atoms with Gasteiger partial charge in [0.2, 0.25) is 5.91 Å². The van der Waals surface area contributed by atoms with Crippen molar-refractivity contribution in [1.29, 1.82) is 0 Å². The highest BCUT2D eigenvalue weighted by atomic mass is 35.5. The summed E-state index contributed by atoms with van der Waals surface area (Å²) in [5.74, 6) is 0.899. The lowest BCUT2D eigenvalue weighted by molar-refractivity contribution is -0.138. The largest absolute Gasteiger partial charge is 0.383 e. The molecule has 1 unspecified atom stereocenters. The topological polar surface area (TPSA) is 29.5 Å². The van der Waals surface area contributed by atoms with Crippen LogP contribution in [0.15, 0.2) is 0 Å². The summed E-state index contributed by atoms with van der Waals surface area (Å²) in [6.45, 7) is 6.23. The van der Waals surface area contributed by atoms with Crippen LogP contribution in [0.2, 0.25) is 0 Å². The van der Waals surface area contributed by atoms with Gasteiger partial charge in [0.25, 0.3) is 0 Å². The van der Waals surface area contributed by atoms with Crippen LogP contribution in [0.5, 0.6) is 0 Å². The minimum Gasteiger partial charge on any atom is -0.383 e. The minimum atomic E-state index is 0.134. The molecule has 100 valence electrons. The van der Waals surface area contributed by atoms with Gasteiger partial charge in [0, 0.05) is 32.0 Å². The van der Waals surface area contributed by atoms with Crippen LogP contribution in [0.3, 0.4) is 0 Å². The summed E-state index contributed by atoms with van der Waals surface area (Å²) in [5, 5.41) is 0. The van der Waals surface area contributed by atoms with Crippen LogP contribution in [-0.2, 0) is 9.53 Å². The minimum absolute atomic E-state index is 0.134. The summed E-state index contributed by atoms with van der Waals surface area (Å²) in [6.07, 6.45) is 3.31. The van der Waals surface area contributed by atoms with Crippen molar-refractivity contribution < 1.29 is 9.53 Å². The first kappa shape index (κ1) is 14.8. The van der Waals surface area contributed by atoms with E-state index < -0.39 is 0 Å². The highest BCUT2D eigenvalue weighted by Crippen LogP contribution is 2.43. The molecule has 1 atom stereocenters. The van der Waals surface area contributed by atoms with Crippen molar-refractivity contribution in [3.63, 3.8) is 0 Å². The Morgan fingerprint density at radius 2 is 2.18 bits per heavy atom. The van der Waals surface area contributed by atoms with Gasteiger partial charge in [-0.3, -0.25) is 4.79 Å². The molecule has 0 aromatic heterocycles. The number of amides is 1. The maximum atomic E-state index is 12.5. The van der Waals surface area contributed by atoms with E-state index in [1.807, 2.05) is 4.90 Å². The van der Waals surface area contributed by atoms with Crippen LogP contribution in [0.4, 0.5) is 0 Å². The molecule has 0 heterocycles. The molecule has 0 bridgehead atoms. The fourth-order valence-corrected chi connectivity index (χ4v) is 2.84. The van der Waals surface area contributed by atoms with Gasteiger partial charge in [-0.1, -0.05) is 20.3 Å². The summed E-state index contributed by atoms with van der Waals surface area (Å²) in [7, 11) is 1.66. The quantitative estimate of drug-likeness (QED) is 0.688. The van der Waals surface area contributed by atoms with E-state index in [1.54, 1.807) is 7.11 Å². The van der Waals surface area contributed by atoms with Crippen LogP contribution in [0, 0.1) is 11.3 Å². The zero-order valence-electron chi connectivity index (χ0n) is 11.2. The Labute approximate surface area is 109 Å². The van der Waals surface area contributed by atoms with Gasteiger partial charge in [0.15, 0.2) is 0 Å². The molecule has 0 aliphatic heterocycles. The van der Waals surface area contributed by atoms with Crippen molar-refractivity contribution in [1.82, 2.24) is 4.90 Å². The summed E-state index contributed by atoms with van der Waals surface area (Å²) in [5.41, 5.74) is 0.134. The van der Waals surface area contributed by atoms with Gasteiger partial charge in [0.1, 0.15) is 0 Å². The van der Waals surface area contributed by atoms with Crippen LogP contribution in [0.1, 0.15) is 33.1 Å². The number of alkyl halides is 1. The summed E-state index contributed by atoms with van der Waals surface area (Å²) in [6, 6.07) is 0. The molecule has 17 heavy (non-hydrogen) atoms. The molecule has 0 N–H and O–H groups in total. The Balaban J connectivity index is 2.63. The third kappa shape index (κ3) is 3.85. The van der Waals surface area contributed by atoms with Crippen molar-refractivity contribution in [3.8, 4) is 0 Å². The molecule has 0 radical (unpaired) electrons. The van der Waals surface area contributed by atoms with E-state index in [9.17, 15) is 4.79 Å². The van der Waals surface area contributed by atoms with Gasteiger partial charge >= 0.3 is 0 Å². The van der Waals surface area contributed by atoms with Gasteiger partial charge in [-0.25, -0.2) is 0 Å². The van der Waals surface area contributed by atoms with E-state index in [1.165, 1.54) is 0 Å². The summed E-state index contributed by atoms with van der Waals surface area (Å²) in [4.78, 5) is 14.3. The van der Waals surface area contributed by atoms with Crippen molar-refractivity contribution in [3.05, 3.63) is 0 Å². The lowest BCUT2D eigenvalue weighted by atomic mass is 9.81. The number of nitrogens with zero attached hydrogens (tertiary/aromatic N) is 1. The number of halogens is 1. The Hall–Kier alpha value is -0.280. The predicted molar refractivity (Wildman–Crippen MR) is 70.3 cm³/mol. The van der Waals surface area contributed by atoms with Crippen LogP contribution >= 0.6 is 11.6 Å². The second-order valence-electron chi connectivity index (χ2n) is 5.44. The van der Waals surface area contributed by atoms with Gasteiger partial charge in [0.05, 0.1) is 6.61 Å². The highest BCUT2D eigenvalue weighted by Gasteiger charge is 2.40. The first-order valence-corrected chi connectivity index (χ1v) is 6.90. The molecule has 1 fully saturated rings. The molecule has 0 aromatic rings. The zero-order chi connectivity index (χ0) is 12.9. The zero-order valence-corrected chi connectivity index (χ0v) is 11.9. The summed E-state index contributed by atoms with van der Waals surface area (Å²) >= 11 is 5.76. The van der Waals surface area contributed by atoms with E-state index in [4.69, 9.17) is 16.3 Å². The predicted octanol–water partition coefficient (Wildman–Crippen LogP) is 2.53. The number of hydrogen-bond donors (Lipinski definition) is 0. The Bertz CT molecular complexity index is 256. The smallest absolute Gasteiger partial charge is 0.226 e. The van der Waals surface area contributed by atoms with Gasteiger partial charge in [-0.15, -0.1) is 11.6 Å². The van der Waals surface area contributed by atoms with Gasteiger partial charge in [-0.2, -0.15) is 0 Å². The fraction of sp³-hybridized carbons (Fsp3) is 0.923. The Kier molecular flexibility index (Phi) is 5.74. The van der Waals surface area contributed by atoms with Crippen molar-refractivity contribution in [2.24, 2.45) is 11.3 Å². The molecule has 4 heteroatoms. The van der Waals surface area contributed by atoms with Gasteiger partial charge in [-0.05, 0) is 18.3 Å². The second-order valence-corrected chi connectivity index (χ2v) is 5.82. The molecule has 1 aliphatic rings. The lowest BCUT2D eigenvalue weighted by Crippen LogP contribution is -2.42. The number of carbonyl (C=O) groups excluding carboxylic acids is 1. The van der Waals surface area contributed by atoms with Crippen LogP contribution in [-0.4, -0.2) is 43.5 Å². The molecule has 3 nitrogen and oxygen atoms in total. The SMILES string of the molecule is COCCN(CCCl)C(=O)C1CCCC1(C)C. The molecular formula is C13H24ClNO2. The number of methoxy groups -OCH3 is 1. The second kappa shape index (κ2) is 6.60. The maximum Gasteiger partial charge on any atom is 0.226 e. The van der Waals surface area contributed by atoms with E-state index in [0.29, 0.717) is 25.6 Å². The molecular weight excluding hydrogens is 238 g/mol. The lowest BCUT2D eigenvalue weighted by Gasteiger charge is -2.31. The fourth-order valence-electron chi connectivity index (χ4n) is 2.64. The molecule has 1 amide bonds. The molecule has 0 spiro atoms. The number of hydrogen-bond acceptors (Lipinski definition) is 2. The molecule has 0 saturated heterocycles. The number of carbonyl (C=O) groups is 1. The molecule has 0 aromatic carbocycles. The van der Waals surface area contributed by atoms with Crippen molar-refractivity contribution in [2.75, 3.05) is 32.7 Å². The molecule has 1 rings (SSSR count). The third-order valence-electron chi connectivity index (χ3n) is 3.79. The van der Waals surface area contributed by atoms with Crippen molar-refractivity contribution in [2.45, 2.75) is 33.1 Å². The third-order valence-corrected chi connectivity index (χ3v) is 3.96. The maximum absolute atomic E-state index is 12.5. The van der Waals surface area contributed by atoms with E-state index in [2.05, 4.69) is 13.8 Å². The Morgan fingerprint density at radius 3 is 2.65 bits per heavy atom. The van der Waals surface area contributed by atoms with Crippen LogP contribution in [0.25, 0.3) is 0 Å². The standard InChI is InChI=1S/C13H24ClNO2/c1-13(2)6-4-5-11(13)12(16)15(8-7-14)9-10-17-3/h11H,4-10H2,1-3H3. The highest BCUT2D eigenvalue weighted by molar-refractivity contribution is 6.18. The normalized spacial score (nSPS) is 22.7. The van der Waals surface area contributed by atoms with E-state index in [0.717, 1.165) is 19.3 Å². The molecule has 1 aliphatic carbocycles. The number of ether oxygens (including phenoxy) is 1. The first-order valence-electron chi connectivity index (χ1n) is 6.36. The Morgan fingerprint density at radius 1 is 1.47 bits per heavy atom. The average molecular weight is 262 g/mol. The van der Waals surface area contributed by atoms with E-state index in [-0.39, 0.29) is 17.2 Å². The molecule has 1 saturated carbocycles. The van der Waals surface area contributed by atoms with E-state index >= 15 is 0 Å². The van der Waals surface area contributed by atoms with Gasteiger partial charge < -0.3 is 9.64 Å². The first-order chi connectivity index (χ1) is 8.03. The number of rotatable bonds is 6. The average Bonchev–Trinajstić information content (AvgIpc) is 2.63. The van der Waals surface area contributed by atoms with Crippen molar-refractivity contribution >= 4 is 17.5 Å².